The Balaban J connectivity index is 2.35. The van der Waals surface area contributed by atoms with E-state index in [2.05, 4.69) is 21.2 Å². The Morgan fingerprint density at radius 3 is 2.38 bits per heavy atom. The smallest absolute Gasteiger partial charge is 0.407 e. The highest BCUT2D eigenvalue weighted by Gasteiger charge is 2.33. The van der Waals surface area contributed by atoms with E-state index in [0.717, 1.165) is 5.33 Å². The molecule has 1 aliphatic rings. The van der Waals surface area contributed by atoms with Gasteiger partial charge in [0, 0.05) is 11.9 Å². The van der Waals surface area contributed by atoms with Gasteiger partial charge in [-0.05, 0) is 39.0 Å². The minimum absolute atomic E-state index is 0.247. The SMILES string of the molecule is CC(C)(C)OC(=O)NCC1(CBr)CCCC1. The summed E-state index contributed by atoms with van der Waals surface area (Å²) in [7, 11) is 0. The highest BCUT2D eigenvalue weighted by atomic mass is 79.9. The minimum atomic E-state index is -0.415. The van der Waals surface area contributed by atoms with Crippen LogP contribution in [0.2, 0.25) is 0 Å². The standard InChI is InChI=1S/C12H22BrNO2/c1-11(2,3)16-10(15)14-9-12(8-13)6-4-5-7-12/h4-9H2,1-3H3,(H,14,15). The van der Waals surface area contributed by atoms with Crippen molar-refractivity contribution in [3.8, 4) is 0 Å². The van der Waals surface area contributed by atoms with Gasteiger partial charge < -0.3 is 10.1 Å². The van der Waals surface area contributed by atoms with Crippen molar-refractivity contribution in [2.75, 3.05) is 11.9 Å². The van der Waals surface area contributed by atoms with E-state index in [1.807, 2.05) is 20.8 Å². The first-order chi connectivity index (χ1) is 7.37. The maximum Gasteiger partial charge on any atom is 0.407 e. The molecule has 0 saturated heterocycles. The first-order valence-corrected chi connectivity index (χ1v) is 7.02. The number of alkyl halides is 1. The largest absolute Gasteiger partial charge is 0.444 e. The molecule has 0 aromatic carbocycles. The lowest BCUT2D eigenvalue weighted by atomic mass is 9.89. The number of rotatable bonds is 3. The fourth-order valence-electron chi connectivity index (χ4n) is 2.06. The molecule has 1 amide bonds. The summed E-state index contributed by atoms with van der Waals surface area (Å²) in [5.74, 6) is 0. The Labute approximate surface area is 106 Å². The molecule has 0 bridgehead atoms. The lowest BCUT2D eigenvalue weighted by molar-refractivity contribution is 0.0505. The highest BCUT2D eigenvalue weighted by Crippen LogP contribution is 2.38. The number of ether oxygens (including phenoxy) is 1. The van der Waals surface area contributed by atoms with E-state index >= 15 is 0 Å². The van der Waals surface area contributed by atoms with Crippen molar-refractivity contribution in [1.29, 1.82) is 0 Å². The van der Waals surface area contributed by atoms with E-state index in [0.29, 0.717) is 6.54 Å². The van der Waals surface area contributed by atoms with Gasteiger partial charge in [-0.3, -0.25) is 0 Å². The third-order valence-corrected chi connectivity index (χ3v) is 4.14. The zero-order chi connectivity index (χ0) is 12.2. The second-order valence-electron chi connectivity index (χ2n) is 5.70. The molecule has 1 fully saturated rings. The molecule has 1 N–H and O–H groups in total. The number of nitrogens with one attached hydrogen (secondary N) is 1. The van der Waals surface area contributed by atoms with E-state index < -0.39 is 5.60 Å². The number of carbonyl (C=O) groups is 1. The van der Waals surface area contributed by atoms with E-state index in [9.17, 15) is 4.79 Å². The molecule has 4 heteroatoms. The van der Waals surface area contributed by atoms with Crippen LogP contribution in [0.3, 0.4) is 0 Å². The normalized spacial score (nSPS) is 19.5. The van der Waals surface area contributed by atoms with Crippen LogP contribution in [0.4, 0.5) is 4.79 Å². The average molecular weight is 292 g/mol. The van der Waals surface area contributed by atoms with Crippen molar-refractivity contribution < 1.29 is 9.53 Å². The number of hydrogen-bond donors (Lipinski definition) is 1. The molecule has 0 unspecified atom stereocenters. The third-order valence-electron chi connectivity index (χ3n) is 2.95. The van der Waals surface area contributed by atoms with E-state index in [1.54, 1.807) is 0 Å². The molecule has 1 aliphatic carbocycles. The zero-order valence-corrected chi connectivity index (χ0v) is 12.0. The summed E-state index contributed by atoms with van der Waals surface area (Å²) in [6.45, 7) is 6.35. The molecular weight excluding hydrogens is 270 g/mol. The van der Waals surface area contributed by atoms with Crippen LogP contribution in [-0.4, -0.2) is 23.6 Å². The van der Waals surface area contributed by atoms with Crippen molar-refractivity contribution >= 4 is 22.0 Å². The fraction of sp³-hybridized carbons (Fsp3) is 0.917. The second-order valence-corrected chi connectivity index (χ2v) is 6.26. The van der Waals surface area contributed by atoms with Gasteiger partial charge in [-0.2, -0.15) is 0 Å². The summed E-state index contributed by atoms with van der Waals surface area (Å²) in [5, 5.41) is 3.84. The van der Waals surface area contributed by atoms with Gasteiger partial charge in [-0.25, -0.2) is 4.79 Å². The Morgan fingerprint density at radius 2 is 1.94 bits per heavy atom. The van der Waals surface area contributed by atoms with Crippen molar-refractivity contribution in [1.82, 2.24) is 5.32 Å². The van der Waals surface area contributed by atoms with Gasteiger partial charge in [-0.15, -0.1) is 0 Å². The zero-order valence-electron chi connectivity index (χ0n) is 10.4. The molecular formula is C12H22BrNO2. The van der Waals surface area contributed by atoms with Crippen LogP contribution in [0, 0.1) is 5.41 Å². The first-order valence-electron chi connectivity index (χ1n) is 5.90. The van der Waals surface area contributed by atoms with Gasteiger partial charge in [0.15, 0.2) is 0 Å². The van der Waals surface area contributed by atoms with Crippen molar-refractivity contribution in [2.24, 2.45) is 5.41 Å². The topological polar surface area (TPSA) is 38.3 Å². The quantitative estimate of drug-likeness (QED) is 0.809. The first kappa shape index (κ1) is 13.8. The van der Waals surface area contributed by atoms with Gasteiger partial charge in [0.25, 0.3) is 0 Å². The molecule has 0 aromatic rings. The molecule has 1 saturated carbocycles. The maximum atomic E-state index is 11.5. The highest BCUT2D eigenvalue weighted by molar-refractivity contribution is 9.09. The van der Waals surface area contributed by atoms with E-state index in [1.165, 1.54) is 25.7 Å². The van der Waals surface area contributed by atoms with E-state index in [4.69, 9.17) is 4.74 Å². The lowest BCUT2D eigenvalue weighted by Gasteiger charge is -2.27. The summed E-state index contributed by atoms with van der Waals surface area (Å²) < 4.78 is 5.22. The van der Waals surface area contributed by atoms with Crippen LogP contribution in [0.25, 0.3) is 0 Å². The maximum absolute atomic E-state index is 11.5. The number of amides is 1. The molecule has 0 spiro atoms. The number of alkyl carbamates (subject to hydrolysis) is 1. The Morgan fingerprint density at radius 1 is 1.38 bits per heavy atom. The molecule has 0 heterocycles. The van der Waals surface area contributed by atoms with Gasteiger partial charge >= 0.3 is 6.09 Å². The van der Waals surface area contributed by atoms with Crippen molar-refractivity contribution in [2.45, 2.75) is 52.1 Å². The van der Waals surface area contributed by atoms with Crippen molar-refractivity contribution in [3.05, 3.63) is 0 Å². The van der Waals surface area contributed by atoms with Crippen LogP contribution in [0.5, 0.6) is 0 Å². The summed E-state index contributed by atoms with van der Waals surface area (Å²) in [6.07, 6.45) is 4.60. The Kier molecular flexibility index (Phi) is 4.65. The summed E-state index contributed by atoms with van der Waals surface area (Å²) >= 11 is 3.55. The van der Waals surface area contributed by atoms with Crippen LogP contribution in [0.1, 0.15) is 46.5 Å². The molecule has 1 rings (SSSR count). The van der Waals surface area contributed by atoms with Crippen molar-refractivity contribution in [3.63, 3.8) is 0 Å². The Hall–Kier alpha value is -0.250. The van der Waals surface area contributed by atoms with Gasteiger partial charge in [0.2, 0.25) is 0 Å². The van der Waals surface area contributed by atoms with Crippen LogP contribution in [-0.2, 0) is 4.74 Å². The molecule has 3 nitrogen and oxygen atoms in total. The lowest BCUT2D eigenvalue weighted by Crippen LogP contribution is -2.40. The number of hydrogen-bond acceptors (Lipinski definition) is 2. The van der Waals surface area contributed by atoms with Crippen LogP contribution < -0.4 is 5.32 Å². The molecule has 0 radical (unpaired) electrons. The van der Waals surface area contributed by atoms with Crippen LogP contribution in [0.15, 0.2) is 0 Å². The third kappa shape index (κ3) is 4.32. The predicted octanol–water partition coefficient (Wildman–Crippen LogP) is 3.47. The fourth-order valence-corrected chi connectivity index (χ4v) is 2.82. The van der Waals surface area contributed by atoms with Gasteiger partial charge in [-0.1, -0.05) is 28.8 Å². The van der Waals surface area contributed by atoms with Gasteiger partial charge in [0.1, 0.15) is 5.60 Å². The molecule has 0 aliphatic heterocycles. The average Bonchev–Trinajstić information content (AvgIpc) is 2.61. The molecule has 0 aromatic heterocycles. The molecule has 94 valence electrons. The predicted molar refractivity (Wildman–Crippen MR) is 68.9 cm³/mol. The molecule has 0 atom stereocenters. The molecule has 16 heavy (non-hydrogen) atoms. The number of halogens is 1. The summed E-state index contributed by atoms with van der Waals surface area (Å²) in [5.41, 5.74) is -0.168. The Bertz CT molecular complexity index is 242. The number of carbonyl (C=O) groups excluding carboxylic acids is 1. The monoisotopic (exact) mass is 291 g/mol. The summed E-state index contributed by atoms with van der Waals surface area (Å²) in [6, 6.07) is 0. The van der Waals surface area contributed by atoms with Gasteiger partial charge in [0.05, 0.1) is 0 Å². The summed E-state index contributed by atoms with van der Waals surface area (Å²) in [4.78, 5) is 11.5. The van der Waals surface area contributed by atoms with Crippen LogP contribution >= 0.6 is 15.9 Å². The minimum Gasteiger partial charge on any atom is -0.444 e. The van der Waals surface area contributed by atoms with E-state index in [-0.39, 0.29) is 11.5 Å². The second kappa shape index (κ2) is 5.39.